The fraction of sp³-hybridized carbons (Fsp3) is 0.267. The number of rotatable bonds is 6. The van der Waals surface area contributed by atoms with Gasteiger partial charge in [-0.05, 0) is 41.3 Å². The molecule has 184 valence electrons. The van der Waals surface area contributed by atoms with Gasteiger partial charge in [0, 0.05) is 38.0 Å². The summed E-state index contributed by atoms with van der Waals surface area (Å²) < 4.78 is 6.60. The summed E-state index contributed by atoms with van der Waals surface area (Å²) in [7, 11) is 0. The van der Waals surface area contributed by atoms with Gasteiger partial charge in [-0.3, -0.25) is 19.7 Å². The highest BCUT2D eigenvalue weighted by Crippen LogP contribution is 2.45. The lowest BCUT2D eigenvalue weighted by molar-refractivity contribution is -0.124. The number of nitrogens with one attached hydrogen (secondary N) is 1. The van der Waals surface area contributed by atoms with Crippen LogP contribution in [0.4, 0.5) is 0 Å². The lowest BCUT2D eigenvalue weighted by Gasteiger charge is -2.48. The summed E-state index contributed by atoms with van der Waals surface area (Å²) in [5.74, 6) is 0.0300. The molecule has 6 nitrogen and oxygen atoms in total. The van der Waals surface area contributed by atoms with Crippen LogP contribution >= 0.6 is 0 Å². The van der Waals surface area contributed by atoms with Crippen LogP contribution in [0.1, 0.15) is 52.4 Å². The Kier molecular flexibility index (Phi) is 6.98. The first-order chi connectivity index (χ1) is 17.5. The van der Waals surface area contributed by atoms with Crippen molar-refractivity contribution in [3.8, 4) is 5.75 Å². The molecule has 3 aromatic rings. The predicted molar refractivity (Wildman–Crippen MR) is 138 cm³/mol. The molecule has 1 saturated heterocycles. The van der Waals surface area contributed by atoms with Crippen molar-refractivity contribution in [1.82, 2.24) is 10.4 Å². The van der Waals surface area contributed by atoms with E-state index in [0.29, 0.717) is 23.3 Å². The van der Waals surface area contributed by atoms with Crippen LogP contribution < -0.4 is 10.2 Å². The van der Waals surface area contributed by atoms with Gasteiger partial charge >= 0.3 is 0 Å². The molecule has 2 aliphatic rings. The second-order valence-corrected chi connectivity index (χ2v) is 9.60. The maximum absolute atomic E-state index is 13.3. The average Bonchev–Trinajstić information content (AvgIpc) is 2.92. The van der Waals surface area contributed by atoms with Gasteiger partial charge in [-0.2, -0.15) is 0 Å². The van der Waals surface area contributed by atoms with E-state index in [1.54, 1.807) is 17.6 Å². The number of carbonyl (C=O) groups is 2. The number of hydroxylamine groups is 1. The van der Waals surface area contributed by atoms with Gasteiger partial charge in [0.2, 0.25) is 0 Å². The summed E-state index contributed by atoms with van der Waals surface area (Å²) in [6, 6.07) is 26.6. The van der Waals surface area contributed by atoms with E-state index in [4.69, 9.17) is 9.94 Å². The smallest absolute Gasteiger partial charge is 0.267 e. The Morgan fingerprint density at radius 1 is 1.08 bits per heavy atom. The predicted octanol–water partition coefficient (Wildman–Crippen LogP) is 4.99. The molecule has 36 heavy (non-hydrogen) atoms. The number of nitrogens with zero attached hydrogens (tertiary/aromatic N) is 1. The Labute approximate surface area is 211 Å². The number of ketones is 1. The Balaban J connectivity index is 1.37. The molecule has 1 amide bonds. The molecule has 1 spiro atoms. The Bertz CT molecular complexity index is 1260. The molecule has 2 atom stereocenters. The Hall–Kier alpha value is -3.74. The number of hydrogen-bond acceptors (Lipinski definition) is 5. The lowest BCUT2D eigenvalue weighted by Crippen LogP contribution is -2.52. The normalized spacial score (nSPS) is 21.8. The number of ether oxygens (including phenoxy) is 1. The summed E-state index contributed by atoms with van der Waals surface area (Å²) in [5.41, 5.74) is 4.83. The third kappa shape index (κ3) is 5.25. The van der Waals surface area contributed by atoms with Crippen molar-refractivity contribution in [2.75, 3.05) is 13.1 Å². The molecule has 0 saturated carbocycles. The fourth-order valence-electron chi connectivity index (χ4n) is 5.35. The van der Waals surface area contributed by atoms with E-state index in [9.17, 15) is 9.59 Å². The van der Waals surface area contributed by atoms with Crippen molar-refractivity contribution in [1.29, 1.82) is 0 Å². The number of piperidine rings is 1. The summed E-state index contributed by atoms with van der Waals surface area (Å²) in [6.07, 6.45) is 5.61. The molecule has 0 bridgehead atoms. The van der Waals surface area contributed by atoms with E-state index in [2.05, 4.69) is 53.4 Å². The largest absolute Gasteiger partial charge is 0.486 e. The maximum Gasteiger partial charge on any atom is 0.267 e. The van der Waals surface area contributed by atoms with Crippen molar-refractivity contribution in [2.24, 2.45) is 0 Å². The molecule has 6 heteroatoms. The molecule has 0 radical (unpaired) electrons. The van der Waals surface area contributed by atoms with Gasteiger partial charge in [0.25, 0.3) is 5.91 Å². The van der Waals surface area contributed by atoms with Gasteiger partial charge in [0.05, 0.1) is 12.0 Å². The molecule has 1 fully saturated rings. The number of benzene rings is 3. The number of Topliss-reactive ketones (excluding diaryl/α,β-unsaturated/α-hetero) is 1. The molecule has 0 aliphatic carbocycles. The SMILES string of the molecule is O=C(/C=C/c1ccc2c(c1)C(=O)CC1(CCN(CCc3ccccc3)C(c3ccccc3)C1)O2)NO. The van der Waals surface area contributed by atoms with E-state index >= 15 is 0 Å². The van der Waals surface area contributed by atoms with Crippen molar-refractivity contribution < 1.29 is 19.5 Å². The van der Waals surface area contributed by atoms with Gasteiger partial charge in [0.1, 0.15) is 11.4 Å². The quantitative estimate of drug-likeness (QED) is 0.294. The zero-order valence-corrected chi connectivity index (χ0v) is 20.1. The Morgan fingerprint density at radius 2 is 1.83 bits per heavy atom. The highest BCUT2D eigenvalue weighted by molar-refractivity contribution is 6.01. The summed E-state index contributed by atoms with van der Waals surface area (Å²) in [4.78, 5) is 27.1. The molecule has 0 aromatic heterocycles. The number of likely N-dealkylation sites (tertiary alicyclic amines) is 1. The van der Waals surface area contributed by atoms with Gasteiger partial charge in [0.15, 0.2) is 5.78 Å². The van der Waals surface area contributed by atoms with Gasteiger partial charge in [-0.25, -0.2) is 5.48 Å². The van der Waals surface area contributed by atoms with Gasteiger partial charge < -0.3 is 4.74 Å². The minimum Gasteiger partial charge on any atom is -0.486 e. The molecule has 2 N–H and O–H groups in total. The summed E-state index contributed by atoms with van der Waals surface area (Å²) >= 11 is 0. The monoisotopic (exact) mass is 482 g/mol. The van der Waals surface area contributed by atoms with Crippen LogP contribution in [0.2, 0.25) is 0 Å². The average molecular weight is 483 g/mol. The first kappa shape index (κ1) is 24.0. The van der Waals surface area contributed by atoms with Gasteiger partial charge in [-0.1, -0.05) is 66.7 Å². The van der Waals surface area contributed by atoms with Crippen LogP contribution in [0.15, 0.2) is 84.9 Å². The summed E-state index contributed by atoms with van der Waals surface area (Å²) in [5, 5.41) is 8.67. The highest BCUT2D eigenvalue weighted by Gasteiger charge is 2.46. The van der Waals surface area contributed by atoms with Crippen LogP contribution in [0.25, 0.3) is 6.08 Å². The van der Waals surface area contributed by atoms with E-state index in [-0.39, 0.29) is 11.8 Å². The van der Waals surface area contributed by atoms with Crippen molar-refractivity contribution >= 4 is 17.8 Å². The molecule has 2 aliphatic heterocycles. The van der Waals surface area contributed by atoms with Crippen LogP contribution in [0.5, 0.6) is 5.75 Å². The third-order valence-corrected chi connectivity index (χ3v) is 7.23. The number of fused-ring (bicyclic) bond motifs is 1. The molecule has 2 unspecified atom stereocenters. The summed E-state index contributed by atoms with van der Waals surface area (Å²) in [6.45, 7) is 1.80. The zero-order chi connectivity index (χ0) is 25.0. The standard InChI is InChI=1S/C30H30N2O4/c33-27-21-30(36-28-13-11-23(19-25(27)28)12-14-29(34)31-35)16-18-32(17-15-22-7-3-1-4-8-22)26(20-30)24-9-5-2-6-10-24/h1-14,19,26,35H,15-18,20-21H2,(H,31,34)/b14-12+. The van der Waals surface area contributed by atoms with E-state index in [1.807, 2.05) is 24.3 Å². The molecular formula is C30H30N2O4. The number of carbonyl (C=O) groups excluding carboxylic acids is 2. The van der Waals surface area contributed by atoms with Crippen LogP contribution in [-0.4, -0.2) is 40.5 Å². The minimum atomic E-state index is -0.625. The van der Waals surface area contributed by atoms with Crippen molar-refractivity contribution in [3.63, 3.8) is 0 Å². The minimum absolute atomic E-state index is 0.0580. The second-order valence-electron chi connectivity index (χ2n) is 9.60. The van der Waals surface area contributed by atoms with E-state index in [1.165, 1.54) is 17.2 Å². The Morgan fingerprint density at radius 3 is 2.58 bits per heavy atom. The van der Waals surface area contributed by atoms with E-state index in [0.717, 1.165) is 32.4 Å². The molecule has 5 rings (SSSR count). The zero-order valence-electron chi connectivity index (χ0n) is 20.1. The number of amides is 1. The maximum atomic E-state index is 13.3. The van der Waals surface area contributed by atoms with Crippen LogP contribution in [0, 0.1) is 0 Å². The van der Waals surface area contributed by atoms with Crippen LogP contribution in [0.3, 0.4) is 0 Å². The fourth-order valence-corrected chi connectivity index (χ4v) is 5.35. The van der Waals surface area contributed by atoms with Crippen molar-refractivity contribution in [3.05, 3.63) is 107 Å². The molecular weight excluding hydrogens is 452 g/mol. The lowest BCUT2D eigenvalue weighted by atomic mass is 9.77. The molecule has 2 heterocycles. The van der Waals surface area contributed by atoms with Crippen molar-refractivity contribution in [2.45, 2.75) is 37.3 Å². The van der Waals surface area contributed by atoms with Gasteiger partial charge in [-0.15, -0.1) is 0 Å². The van der Waals surface area contributed by atoms with E-state index < -0.39 is 11.5 Å². The second kappa shape index (κ2) is 10.5. The first-order valence-corrected chi connectivity index (χ1v) is 12.4. The van der Waals surface area contributed by atoms with Crippen LogP contribution in [-0.2, 0) is 11.2 Å². The molecule has 3 aromatic carbocycles. The highest BCUT2D eigenvalue weighted by atomic mass is 16.5. The third-order valence-electron chi connectivity index (χ3n) is 7.23. The number of hydrogen-bond donors (Lipinski definition) is 2. The first-order valence-electron chi connectivity index (χ1n) is 12.4. The topological polar surface area (TPSA) is 78.9 Å².